The first-order valence-corrected chi connectivity index (χ1v) is 36.9. The average molecular weight is 1130 g/mol. The summed E-state index contributed by atoms with van der Waals surface area (Å²) in [4.78, 5) is 24.6. The highest BCUT2D eigenvalue weighted by Crippen LogP contribution is 2.20. The predicted molar refractivity (Wildman–Crippen MR) is 352 cm³/mol. The van der Waals surface area contributed by atoms with Crippen molar-refractivity contribution in [2.75, 3.05) is 13.2 Å². The Kier molecular flexibility index (Phi) is 68.9. The summed E-state index contributed by atoms with van der Waals surface area (Å²) in [6, 6.07) is -0.539. The molecule has 0 aliphatic carbocycles. The van der Waals surface area contributed by atoms with E-state index in [-0.39, 0.29) is 18.5 Å². The molecular formula is C74H145NO5. The lowest BCUT2D eigenvalue weighted by atomic mass is 10.0. The molecule has 0 spiro atoms. The first kappa shape index (κ1) is 78.6. The number of hydrogen-bond donors (Lipinski definition) is 3. The maximum atomic E-state index is 12.5. The van der Waals surface area contributed by atoms with Crippen molar-refractivity contribution in [2.24, 2.45) is 0 Å². The Morgan fingerprint density at radius 3 is 0.887 bits per heavy atom. The fourth-order valence-corrected chi connectivity index (χ4v) is 11.9. The zero-order chi connectivity index (χ0) is 57.8. The Balaban J connectivity index is 3.33. The number of amides is 1. The number of rotatable bonds is 70. The quantitative estimate of drug-likeness (QED) is 0.0320. The summed E-state index contributed by atoms with van der Waals surface area (Å²) in [5.41, 5.74) is 0. The summed E-state index contributed by atoms with van der Waals surface area (Å²) in [5.74, 6) is -0.0137. The fraction of sp³-hybridized carbons (Fsp3) is 0.946. The van der Waals surface area contributed by atoms with Crippen molar-refractivity contribution < 1.29 is 24.5 Å². The number of carbonyl (C=O) groups is 2. The van der Waals surface area contributed by atoms with E-state index in [1.165, 1.54) is 347 Å². The maximum Gasteiger partial charge on any atom is 0.305 e. The van der Waals surface area contributed by atoms with E-state index < -0.39 is 12.1 Å². The number of nitrogens with one attached hydrogen (secondary N) is 1. The van der Waals surface area contributed by atoms with Crippen molar-refractivity contribution in [3.63, 3.8) is 0 Å². The van der Waals surface area contributed by atoms with Crippen molar-refractivity contribution >= 4 is 11.9 Å². The molecule has 2 unspecified atom stereocenters. The Morgan fingerprint density at radius 1 is 0.338 bits per heavy atom. The first-order valence-electron chi connectivity index (χ1n) is 36.9. The van der Waals surface area contributed by atoms with E-state index in [0.29, 0.717) is 25.9 Å². The summed E-state index contributed by atoms with van der Waals surface area (Å²) in [7, 11) is 0. The summed E-state index contributed by atoms with van der Waals surface area (Å²) < 4.78 is 5.50. The van der Waals surface area contributed by atoms with Gasteiger partial charge in [0.1, 0.15) is 0 Å². The molecule has 0 fully saturated rings. The molecule has 6 nitrogen and oxygen atoms in total. The number of unbranched alkanes of at least 4 members (excludes halogenated alkanes) is 57. The van der Waals surface area contributed by atoms with Gasteiger partial charge in [0.2, 0.25) is 5.91 Å². The van der Waals surface area contributed by atoms with Crippen molar-refractivity contribution in [2.45, 2.75) is 437 Å². The zero-order valence-corrected chi connectivity index (χ0v) is 54.6. The smallest absolute Gasteiger partial charge is 0.305 e. The van der Waals surface area contributed by atoms with Crippen LogP contribution in [-0.2, 0) is 14.3 Å². The molecule has 0 heterocycles. The van der Waals surface area contributed by atoms with E-state index in [1.54, 1.807) is 0 Å². The maximum absolute atomic E-state index is 12.5. The molecule has 6 heteroatoms. The third-order valence-electron chi connectivity index (χ3n) is 17.6. The van der Waals surface area contributed by atoms with E-state index in [9.17, 15) is 19.8 Å². The van der Waals surface area contributed by atoms with E-state index in [0.717, 1.165) is 44.9 Å². The fourth-order valence-electron chi connectivity index (χ4n) is 11.9. The van der Waals surface area contributed by atoms with Gasteiger partial charge in [-0.3, -0.25) is 9.59 Å². The zero-order valence-electron chi connectivity index (χ0n) is 54.6. The third kappa shape index (κ3) is 65.7. The molecule has 0 rings (SSSR count). The normalized spacial score (nSPS) is 12.5. The molecule has 2 atom stereocenters. The summed E-state index contributed by atoms with van der Waals surface area (Å²) in [6.45, 7) is 5.00. The van der Waals surface area contributed by atoms with Gasteiger partial charge in [-0.05, 0) is 51.4 Å². The minimum absolute atomic E-state index is 0.0132. The molecule has 80 heavy (non-hydrogen) atoms. The molecule has 0 saturated carbocycles. The SMILES string of the molecule is CCCCCCCCC/C=C\CCCCCCCC(=O)OCCCCCCCCCCCCCCCCCCCCCCCCCCCCCCCC(=O)NC(CO)C(O)CCCCCCCCCCCCCCCCCCCC. The molecule has 0 saturated heterocycles. The van der Waals surface area contributed by atoms with Crippen LogP contribution >= 0.6 is 0 Å². The van der Waals surface area contributed by atoms with Gasteiger partial charge in [0.25, 0.3) is 0 Å². The third-order valence-corrected chi connectivity index (χ3v) is 17.6. The van der Waals surface area contributed by atoms with Crippen LogP contribution in [0.1, 0.15) is 425 Å². The molecule has 0 aromatic rings. The Bertz CT molecular complexity index is 1210. The lowest BCUT2D eigenvalue weighted by molar-refractivity contribution is -0.143. The van der Waals surface area contributed by atoms with Gasteiger partial charge in [0, 0.05) is 12.8 Å². The lowest BCUT2D eigenvalue weighted by Gasteiger charge is -2.22. The second-order valence-corrected chi connectivity index (χ2v) is 25.6. The van der Waals surface area contributed by atoms with Gasteiger partial charge in [-0.25, -0.2) is 0 Å². The van der Waals surface area contributed by atoms with Gasteiger partial charge in [0.15, 0.2) is 0 Å². The highest BCUT2D eigenvalue weighted by Gasteiger charge is 2.20. The molecule has 0 aliphatic heterocycles. The highest BCUT2D eigenvalue weighted by molar-refractivity contribution is 5.76. The number of esters is 1. The minimum atomic E-state index is -0.662. The van der Waals surface area contributed by atoms with Crippen molar-refractivity contribution in [1.82, 2.24) is 5.32 Å². The molecule has 476 valence electrons. The second kappa shape index (κ2) is 70.1. The molecule has 1 amide bonds. The molecule has 0 aliphatic rings. The minimum Gasteiger partial charge on any atom is -0.466 e. The van der Waals surface area contributed by atoms with Crippen molar-refractivity contribution in [3.05, 3.63) is 12.2 Å². The number of aliphatic hydroxyl groups excluding tert-OH is 2. The van der Waals surface area contributed by atoms with Crippen LogP contribution in [0.2, 0.25) is 0 Å². The molecule has 0 radical (unpaired) electrons. The molecule has 3 N–H and O–H groups in total. The van der Waals surface area contributed by atoms with E-state index in [4.69, 9.17) is 4.74 Å². The van der Waals surface area contributed by atoms with Gasteiger partial charge < -0.3 is 20.3 Å². The summed E-state index contributed by atoms with van der Waals surface area (Å²) in [5, 5.41) is 23.4. The molecular weight excluding hydrogens is 983 g/mol. The van der Waals surface area contributed by atoms with Gasteiger partial charge >= 0.3 is 5.97 Å². The van der Waals surface area contributed by atoms with Crippen molar-refractivity contribution in [3.8, 4) is 0 Å². The standard InChI is InChI=1S/C74H145NO5/c1-3-5-7-9-11-13-15-17-19-21-35-38-42-46-50-54-58-62-66-72(77)71(70-76)75-73(78)67-63-59-55-51-47-43-39-36-33-31-29-27-25-23-22-24-26-28-30-32-34-37-41-45-49-53-57-61-65-69-80-74(79)68-64-60-56-52-48-44-40-20-18-16-14-12-10-8-6-4-2/h20,40,71-72,76-77H,3-19,21-39,41-70H2,1-2H3,(H,75,78)/b40-20-. The van der Waals surface area contributed by atoms with Crippen LogP contribution in [0, 0.1) is 0 Å². The average Bonchev–Trinajstić information content (AvgIpc) is 3.46. The number of carbonyl (C=O) groups excluding carboxylic acids is 2. The van der Waals surface area contributed by atoms with Crippen LogP contribution in [0.25, 0.3) is 0 Å². The van der Waals surface area contributed by atoms with Gasteiger partial charge in [-0.15, -0.1) is 0 Å². The Hall–Kier alpha value is -1.40. The Labute approximate surface area is 501 Å². The van der Waals surface area contributed by atoms with Crippen LogP contribution in [0.15, 0.2) is 12.2 Å². The van der Waals surface area contributed by atoms with E-state index in [1.807, 2.05) is 0 Å². The summed E-state index contributed by atoms with van der Waals surface area (Å²) >= 11 is 0. The van der Waals surface area contributed by atoms with Crippen LogP contribution < -0.4 is 5.32 Å². The van der Waals surface area contributed by atoms with Crippen LogP contribution in [0.5, 0.6) is 0 Å². The number of hydrogen-bond acceptors (Lipinski definition) is 5. The van der Waals surface area contributed by atoms with E-state index in [2.05, 4.69) is 31.3 Å². The number of ether oxygens (including phenoxy) is 1. The van der Waals surface area contributed by atoms with Crippen LogP contribution in [0.3, 0.4) is 0 Å². The molecule has 0 aromatic heterocycles. The topological polar surface area (TPSA) is 95.9 Å². The summed E-state index contributed by atoms with van der Waals surface area (Å²) in [6.07, 6.45) is 87.0. The van der Waals surface area contributed by atoms with Gasteiger partial charge in [-0.2, -0.15) is 0 Å². The van der Waals surface area contributed by atoms with Gasteiger partial charge in [-0.1, -0.05) is 373 Å². The monoisotopic (exact) mass is 1130 g/mol. The Morgan fingerprint density at radius 2 is 0.588 bits per heavy atom. The molecule has 0 aromatic carbocycles. The highest BCUT2D eigenvalue weighted by atomic mass is 16.5. The van der Waals surface area contributed by atoms with Gasteiger partial charge in [0.05, 0.1) is 25.4 Å². The number of allylic oxidation sites excluding steroid dienone is 2. The first-order chi connectivity index (χ1) is 39.5. The predicted octanol–water partition coefficient (Wildman–Crippen LogP) is 23.9. The number of aliphatic hydroxyl groups is 2. The molecule has 0 bridgehead atoms. The van der Waals surface area contributed by atoms with Crippen molar-refractivity contribution in [1.29, 1.82) is 0 Å². The van der Waals surface area contributed by atoms with Crippen LogP contribution in [0.4, 0.5) is 0 Å². The lowest BCUT2D eigenvalue weighted by Crippen LogP contribution is -2.45. The van der Waals surface area contributed by atoms with Crippen LogP contribution in [-0.4, -0.2) is 47.4 Å². The largest absolute Gasteiger partial charge is 0.466 e. The van der Waals surface area contributed by atoms with E-state index >= 15 is 0 Å². The second-order valence-electron chi connectivity index (χ2n) is 25.6.